The number of rotatable bonds is 2. The average Bonchev–Trinajstić information content (AvgIpc) is 2.74. The Morgan fingerprint density at radius 3 is 2.50 bits per heavy atom. The van der Waals surface area contributed by atoms with Gasteiger partial charge in [0.2, 0.25) is 0 Å². The highest BCUT2D eigenvalue weighted by Gasteiger charge is 2.35. The van der Waals surface area contributed by atoms with Crippen molar-refractivity contribution < 1.29 is 13.2 Å². The highest BCUT2D eigenvalue weighted by Crippen LogP contribution is 2.37. The third kappa shape index (κ3) is 2.61. The lowest BCUT2D eigenvalue weighted by molar-refractivity contribution is -0.137. The van der Waals surface area contributed by atoms with E-state index in [1.54, 1.807) is 24.1 Å². The molecule has 2 nitrogen and oxygen atoms in total. The van der Waals surface area contributed by atoms with E-state index in [4.69, 9.17) is 0 Å². The molecule has 0 saturated carbocycles. The lowest BCUT2D eigenvalue weighted by Gasteiger charge is -2.29. The van der Waals surface area contributed by atoms with Gasteiger partial charge >= 0.3 is 6.18 Å². The molecule has 100 valence electrons. The maximum atomic E-state index is 12.9. The molecule has 1 aliphatic rings. The Morgan fingerprint density at radius 1 is 1.28 bits per heavy atom. The number of anilines is 1. The van der Waals surface area contributed by atoms with Crippen LogP contribution in [0.3, 0.4) is 0 Å². The summed E-state index contributed by atoms with van der Waals surface area (Å²) in [4.78, 5) is 3.89. The molecule has 0 radical (unpaired) electrons. The maximum absolute atomic E-state index is 12.9. The summed E-state index contributed by atoms with van der Waals surface area (Å²) in [6.45, 7) is 1.74. The minimum atomic E-state index is -4.30. The van der Waals surface area contributed by atoms with Gasteiger partial charge in [0.05, 0.1) is 5.56 Å². The van der Waals surface area contributed by atoms with Crippen LogP contribution in [0.4, 0.5) is 18.9 Å². The van der Waals surface area contributed by atoms with Crippen molar-refractivity contribution in [2.45, 2.75) is 18.6 Å². The quantitative estimate of drug-likeness (QED) is 0.805. The third-order valence-electron chi connectivity index (χ3n) is 3.50. The summed E-state index contributed by atoms with van der Waals surface area (Å²) in [5.74, 6) is 0. The van der Waals surface area contributed by atoms with Crippen LogP contribution in [-0.4, -0.2) is 38.1 Å². The van der Waals surface area contributed by atoms with Crippen LogP contribution in [0.1, 0.15) is 12.0 Å². The van der Waals surface area contributed by atoms with Crippen molar-refractivity contribution in [2.75, 3.05) is 32.1 Å². The second-order valence-corrected chi connectivity index (χ2v) is 4.83. The lowest BCUT2D eigenvalue weighted by Crippen LogP contribution is -2.35. The number of hydrogen-bond acceptors (Lipinski definition) is 2. The number of likely N-dealkylation sites (tertiary alicyclic amines) is 1. The van der Waals surface area contributed by atoms with Crippen LogP contribution < -0.4 is 4.90 Å². The Bertz CT molecular complexity index is 417. The van der Waals surface area contributed by atoms with Gasteiger partial charge in [-0.15, -0.1) is 0 Å². The molecule has 0 aromatic heterocycles. The summed E-state index contributed by atoms with van der Waals surface area (Å²) < 4.78 is 38.8. The number of likely N-dealkylation sites (N-methyl/N-ethyl adjacent to an activating group) is 2. The molecule has 0 spiro atoms. The fourth-order valence-corrected chi connectivity index (χ4v) is 2.45. The number of benzene rings is 1. The molecule has 18 heavy (non-hydrogen) atoms. The van der Waals surface area contributed by atoms with Crippen LogP contribution in [-0.2, 0) is 6.18 Å². The van der Waals surface area contributed by atoms with Crippen molar-refractivity contribution in [3.8, 4) is 0 Å². The number of nitrogens with zero attached hydrogens (tertiary/aromatic N) is 2. The van der Waals surface area contributed by atoms with Gasteiger partial charge in [-0.3, -0.25) is 0 Å². The molecule has 1 atom stereocenters. The summed E-state index contributed by atoms with van der Waals surface area (Å²) in [5.41, 5.74) is -0.285. The van der Waals surface area contributed by atoms with Crippen LogP contribution in [0.25, 0.3) is 0 Å². The second-order valence-electron chi connectivity index (χ2n) is 4.83. The van der Waals surface area contributed by atoms with Gasteiger partial charge in [0.15, 0.2) is 0 Å². The van der Waals surface area contributed by atoms with E-state index in [-0.39, 0.29) is 11.7 Å². The molecular weight excluding hydrogens is 241 g/mol. The largest absolute Gasteiger partial charge is 0.418 e. The molecule has 0 bridgehead atoms. The number of hydrogen-bond donors (Lipinski definition) is 0. The summed E-state index contributed by atoms with van der Waals surface area (Å²) >= 11 is 0. The van der Waals surface area contributed by atoms with Crippen LogP contribution in [0, 0.1) is 0 Å². The first-order valence-corrected chi connectivity index (χ1v) is 5.97. The topological polar surface area (TPSA) is 6.48 Å². The zero-order chi connectivity index (χ0) is 13.3. The van der Waals surface area contributed by atoms with Gasteiger partial charge < -0.3 is 9.80 Å². The van der Waals surface area contributed by atoms with Gasteiger partial charge in [-0.1, -0.05) is 12.1 Å². The zero-order valence-corrected chi connectivity index (χ0v) is 10.5. The van der Waals surface area contributed by atoms with Gasteiger partial charge in [-0.2, -0.15) is 13.2 Å². The molecule has 1 fully saturated rings. The van der Waals surface area contributed by atoms with Crippen LogP contribution in [0.2, 0.25) is 0 Å². The normalized spacial score (nSPS) is 21.3. The number of halogens is 3. The lowest BCUT2D eigenvalue weighted by atomic mass is 10.1. The predicted molar refractivity (Wildman–Crippen MR) is 65.7 cm³/mol. The Balaban J connectivity index is 2.28. The summed E-state index contributed by atoms with van der Waals surface area (Å²) in [6.07, 6.45) is -3.39. The molecule has 5 heteroatoms. The Labute approximate surface area is 105 Å². The van der Waals surface area contributed by atoms with Gasteiger partial charge in [-0.25, -0.2) is 0 Å². The minimum Gasteiger partial charge on any atom is -0.370 e. The Morgan fingerprint density at radius 2 is 1.94 bits per heavy atom. The number of alkyl halides is 3. The van der Waals surface area contributed by atoms with Crippen LogP contribution >= 0.6 is 0 Å². The average molecular weight is 258 g/mol. The van der Waals surface area contributed by atoms with Crippen molar-refractivity contribution in [3.05, 3.63) is 29.8 Å². The van der Waals surface area contributed by atoms with Crippen LogP contribution in [0.15, 0.2) is 24.3 Å². The molecule has 1 aromatic carbocycles. The van der Waals surface area contributed by atoms with Crippen molar-refractivity contribution in [2.24, 2.45) is 0 Å². The minimum absolute atomic E-state index is 0.151. The molecule has 1 aromatic rings. The molecular formula is C13H17F3N2. The van der Waals surface area contributed by atoms with Gasteiger partial charge in [0, 0.05) is 25.3 Å². The molecule has 1 unspecified atom stereocenters. The highest BCUT2D eigenvalue weighted by molar-refractivity contribution is 5.55. The summed E-state index contributed by atoms with van der Waals surface area (Å²) in [5, 5.41) is 0. The first kappa shape index (κ1) is 13.2. The monoisotopic (exact) mass is 258 g/mol. The molecule has 0 N–H and O–H groups in total. The standard InChI is InChI=1S/C13H17F3N2/c1-17-8-7-10(9-17)18(2)12-6-4-3-5-11(12)13(14,15)16/h3-6,10H,7-9H2,1-2H3. The first-order valence-electron chi connectivity index (χ1n) is 5.97. The van der Waals surface area contributed by atoms with E-state index >= 15 is 0 Å². The molecule has 0 amide bonds. The van der Waals surface area contributed by atoms with E-state index in [9.17, 15) is 13.2 Å². The van der Waals surface area contributed by atoms with E-state index in [0.29, 0.717) is 0 Å². The van der Waals surface area contributed by atoms with E-state index in [1.807, 2.05) is 7.05 Å². The molecule has 0 aliphatic carbocycles. The van der Waals surface area contributed by atoms with Crippen molar-refractivity contribution >= 4 is 5.69 Å². The van der Waals surface area contributed by atoms with E-state index in [0.717, 1.165) is 25.6 Å². The second kappa shape index (κ2) is 4.80. The van der Waals surface area contributed by atoms with Crippen molar-refractivity contribution in [1.29, 1.82) is 0 Å². The van der Waals surface area contributed by atoms with Gasteiger partial charge in [0.25, 0.3) is 0 Å². The van der Waals surface area contributed by atoms with E-state index in [1.165, 1.54) is 6.07 Å². The molecule has 1 saturated heterocycles. The first-order chi connectivity index (χ1) is 8.39. The summed E-state index contributed by atoms with van der Waals surface area (Å²) in [7, 11) is 3.73. The third-order valence-corrected chi connectivity index (χ3v) is 3.50. The fraction of sp³-hybridized carbons (Fsp3) is 0.538. The Hall–Kier alpha value is -1.23. The molecule has 2 rings (SSSR count). The predicted octanol–water partition coefficient (Wildman–Crippen LogP) is 2.85. The van der Waals surface area contributed by atoms with Crippen molar-refractivity contribution in [1.82, 2.24) is 4.90 Å². The number of para-hydroxylation sites is 1. The maximum Gasteiger partial charge on any atom is 0.418 e. The Kier molecular flexibility index (Phi) is 3.52. The molecule has 1 aliphatic heterocycles. The SMILES string of the molecule is CN1CCC(N(C)c2ccccc2C(F)(F)F)C1. The van der Waals surface area contributed by atoms with Gasteiger partial charge in [0.1, 0.15) is 0 Å². The van der Waals surface area contributed by atoms with Gasteiger partial charge in [-0.05, 0) is 32.1 Å². The zero-order valence-electron chi connectivity index (χ0n) is 10.5. The van der Waals surface area contributed by atoms with Crippen LogP contribution in [0.5, 0.6) is 0 Å². The highest BCUT2D eigenvalue weighted by atomic mass is 19.4. The van der Waals surface area contributed by atoms with E-state index < -0.39 is 11.7 Å². The summed E-state index contributed by atoms with van der Waals surface area (Å²) in [6, 6.07) is 5.92. The fourth-order valence-electron chi connectivity index (χ4n) is 2.45. The smallest absolute Gasteiger partial charge is 0.370 e. The van der Waals surface area contributed by atoms with Crippen molar-refractivity contribution in [3.63, 3.8) is 0 Å². The molecule has 1 heterocycles. The van der Waals surface area contributed by atoms with E-state index in [2.05, 4.69) is 4.90 Å².